The highest BCUT2D eigenvalue weighted by molar-refractivity contribution is 6.27. The fourth-order valence-corrected chi connectivity index (χ4v) is 4.90. The number of esters is 7. The van der Waals surface area contributed by atoms with Crippen LogP contribution in [-0.4, -0.2) is 128 Å². The summed E-state index contributed by atoms with van der Waals surface area (Å²) in [4.78, 5) is 96.9. The van der Waals surface area contributed by atoms with Gasteiger partial charge in [0.1, 0.15) is 37.4 Å². The Balaban J connectivity index is 2.74. The average Bonchev–Trinajstić information content (AvgIpc) is 2.95. The summed E-state index contributed by atoms with van der Waals surface area (Å²) in [6.07, 6.45) is -16.1. The molecule has 270 valence electrons. The first kappa shape index (κ1) is 40.1. The van der Waals surface area contributed by atoms with Crippen LogP contribution >= 0.6 is 11.6 Å². The molecule has 19 nitrogen and oxygen atoms in total. The van der Waals surface area contributed by atoms with E-state index in [1.807, 2.05) is 0 Å². The molecule has 2 aliphatic rings. The zero-order chi connectivity index (χ0) is 36.3. The first-order chi connectivity index (χ1) is 22.4. The van der Waals surface area contributed by atoms with Crippen LogP contribution < -0.4 is 5.32 Å². The van der Waals surface area contributed by atoms with Crippen molar-refractivity contribution in [2.75, 3.05) is 19.1 Å². The summed E-state index contributed by atoms with van der Waals surface area (Å²) in [6.45, 7) is 6.05. The summed E-state index contributed by atoms with van der Waals surface area (Å²) in [5.41, 5.74) is 0. The van der Waals surface area contributed by atoms with Gasteiger partial charge in [-0.15, -0.1) is 11.6 Å². The fourth-order valence-electron chi connectivity index (χ4n) is 4.83. The molecule has 0 saturated carbocycles. The number of hydrogen-bond donors (Lipinski definition) is 1. The standard InChI is InChI=1S/C28H38ClNO18/c1-11(31)39-9-18-22(23(42-14(4)34)25(44-16(6)36)27(46-18)30-20(38)8-29)48-28-26(45-17(7)37)24(43-15(5)35)21(41-13(3)33)19(47-28)10-40-12(2)32/h18-19,21-28H,8-10H2,1-7H3,(H,30,38)/t18-,19-,21+,22-,23+,24+,25-,26-,27-,28+/m1/s1. The number of rotatable bonds is 13. The molecule has 1 N–H and O–H groups in total. The van der Waals surface area contributed by atoms with Crippen molar-refractivity contribution in [3.63, 3.8) is 0 Å². The summed E-state index contributed by atoms with van der Waals surface area (Å²) >= 11 is 5.64. The van der Waals surface area contributed by atoms with Gasteiger partial charge < -0.3 is 52.7 Å². The Hall–Kier alpha value is -4.07. The van der Waals surface area contributed by atoms with Crippen LogP contribution in [0.5, 0.6) is 0 Å². The van der Waals surface area contributed by atoms with Gasteiger partial charge in [0.15, 0.2) is 43.0 Å². The highest BCUT2D eigenvalue weighted by Crippen LogP contribution is 2.35. The van der Waals surface area contributed by atoms with Crippen LogP contribution in [0.3, 0.4) is 0 Å². The topological polar surface area (TPSA) is 241 Å². The molecule has 0 aromatic heterocycles. The smallest absolute Gasteiger partial charge is 0.303 e. The van der Waals surface area contributed by atoms with Gasteiger partial charge in [-0.25, -0.2) is 0 Å². The molecule has 2 rings (SSSR count). The minimum atomic E-state index is -1.83. The highest BCUT2D eigenvalue weighted by Gasteiger charge is 2.57. The molecule has 0 bridgehead atoms. The van der Waals surface area contributed by atoms with Crippen LogP contribution in [0.4, 0.5) is 0 Å². The maximum absolute atomic E-state index is 12.4. The zero-order valence-corrected chi connectivity index (χ0v) is 27.9. The normalized spacial score (nSPS) is 29.7. The van der Waals surface area contributed by atoms with Crippen LogP contribution in [0.2, 0.25) is 0 Å². The van der Waals surface area contributed by atoms with Gasteiger partial charge in [-0.1, -0.05) is 0 Å². The SMILES string of the molecule is CC(=O)OC[C@H]1O[C@@H](O[C@H]2[C@H](OC(C)=O)[C@@H](OC(C)=O)[C@H](NC(=O)CCl)O[C@@H]2COC(C)=O)[C@H](OC(C)=O)[C@@H](OC(C)=O)[C@H]1OC(C)=O. The van der Waals surface area contributed by atoms with E-state index >= 15 is 0 Å². The van der Waals surface area contributed by atoms with Crippen molar-refractivity contribution in [2.45, 2.75) is 110 Å². The van der Waals surface area contributed by atoms with Gasteiger partial charge in [-0.3, -0.25) is 38.4 Å². The molecule has 0 aromatic rings. The van der Waals surface area contributed by atoms with Gasteiger partial charge in [0.25, 0.3) is 0 Å². The van der Waals surface area contributed by atoms with Crippen LogP contribution in [0.1, 0.15) is 48.5 Å². The maximum atomic E-state index is 12.4. The number of hydrogen-bond acceptors (Lipinski definition) is 18. The first-order valence-corrected chi connectivity index (χ1v) is 14.9. The van der Waals surface area contributed by atoms with E-state index in [0.717, 1.165) is 48.5 Å². The van der Waals surface area contributed by atoms with Gasteiger partial charge in [-0.2, -0.15) is 0 Å². The molecule has 20 heteroatoms. The summed E-state index contributed by atoms with van der Waals surface area (Å²) in [6, 6.07) is 0. The Morgan fingerprint density at radius 2 is 0.917 bits per heavy atom. The molecular weight excluding hydrogens is 674 g/mol. The second-order valence-electron chi connectivity index (χ2n) is 10.4. The van der Waals surface area contributed by atoms with Gasteiger partial charge in [0.05, 0.1) is 0 Å². The van der Waals surface area contributed by atoms with Crippen molar-refractivity contribution >= 4 is 59.3 Å². The van der Waals surface area contributed by atoms with Gasteiger partial charge in [0.2, 0.25) is 5.91 Å². The van der Waals surface area contributed by atoms with E-state index in [1.165, 1.54) is 0 Å². The van der Waals surface area contributed by atoms with Crippen LogP contribution in [-0.2, 0) is 85.7 Å². The van der Waals surface area contributed by atoms with E-state index in [2.05, 4.69) is 5.32 Å². The Morgan fingerprint density at radius 1 is 0.521 bits per heavy atom. The van der Waals surface area contributed by atoms with Crippen LogP contribution in [0, 0.1) is 0 Å². The van der Waals surface area contributed by atoms with E-state index in [0.29, 0.717) is 0 Å². The highest BCUT2D eigenvalue weighted by atomic mass is 35.5. The van der Waals surface area contributed by atoms with Crippen LogP contribution in [0.15, 0.2) is 0 Å². The molecule has 2 saturated heterocycles. The molecule has 0 spiro atoms. The average molecular weight is 712 g/mol. The van der Waals surface area contributed by atoms with Crippen molar-refractivity contribution in [1.82, 2.24) is 5.32 Å². The maximum Gasteiger partial charge on any atom is 0.303 e. The van der Waals surface area contributed by atoms with Crippen molar-refractivity contribution in [1.29, 1.82) is 0 Å². The third-order valence-corrected chi connectivity index (χ3v) is 6.60. The third-order valence-electron chi connectivity index (χ3n) is 6.35. The van der Waals surface area contributed by atoms with E-state index in [1.54, 1.807) is 0 Å². The molecule has 2 heterocycles. The van der Waals surface area contributed by atoms with Crippen molar-refractivity contribution in [3.8, 4) is 0 Å². The molecule has 0 unspecified atom stereocenters. The summed E-state index contributed by atoms with van der Waals surface area (Å²) in [5, 5.41) is 2.38. The largest absolute Gasteiger partial charge is 0.463 e. The van der Waals surface area contributed by atoms with E-state index in [-0.39, 0.29) is 0 Å². The predicted octanol–water partition coefficient (Wildman–Crippen LogP) is -1.04. The fraction of sp³-hybridized carbons (Fsp3) is 0.714. The van der Waals surface area contributed by atoms with E-state index < -0.39 is 128 Å². The monoisotopic (exact) mass is 711 g/mol. The van der Waals surface area contributed by atoms with Crippen LogP contribution in [0.25, 0.3) is 0 Å². The molecule has 0 radical (unpaired) electrons. The van der Waals surface area contributed by atoms with Gasteiger partial charge in [-0.05, 0) is 0 Å². The molecule has 2 aliphatic heterocycles. The second kappa shape index (κ2) is 18.5. The van der Waals surface area contributed by atoms with Gasteiger partial charge >= 0.3 is 41.8 Å². The zero-order valence-electron chi connectivity index (χ0n) is 27.1. The van der Waals surface area contributed by atoms with Crippen molar-refractivity contribution < 1.29 is 85.7 Å². The molecule has 10 atom stereocenters. The molecule has 1 amide bonds. The molecule has 0 aromatic carbocycles. The summed E-state index contributed by atoms with van der Waals surface area (Å²) in [7, 11) is 0. The molecule has 2 fully saturated rings. The molecule has 48 heavy (non-hydrogen) atoms. The minimum absolute atomic E-state index is 0.551. The number of carbonyl (C=O) groups is 8. The summed E-state index contributed by atoms with van der Waals surface area (Å²) in [5.74, 6) is -7.45. The van der Waals surface area contributed by atoms with E-state index in [4.69, 9.17) is 59.0 Å². The lowest BCUT2D eigenvalue weighted by Gasteiger charge is -2.48. The number of halogens is 1. The number of amides is 1. The lowest BCUT2D eigenvalue weighted by molar-refractivity contribution is -0.345. The minimum Gasteiger partial charge on any atom is -0.463 e. The van der Waals surface area contributed by atoms with E-state index in [9.17, 15) is 38.4 Å². The predicted molar refractivity (Wildman–Crippen MR) is 152 cm³/mol. The quantitative estimate of drug-likeness (QED) is 0.136. The number of ether oxygens (including phenoxy) is 10. The van der Waals surface area contributed by atoms with Crippen molar-refractivity contribution in [2.24, 2.45) is 0 Å². The Kier molecular flexibility index (Phi) is 15.4. The van der Waals surface area contributed by atoms with Crippen molar-refractivity contribution in [3.05, 3.63) is 0 Å². The third kappa shape index (κ3) is 12.2. The Labute approximate surface area is 279 Å². The number of carbonyl (C=O) groups excluding carboxylic acids is 8. The molecular formula is C28H38ClNO18. The summed E-state index contributed by atoms with van der Waals surface area (Å²) < 4.78 is 55.3. The Morgan fingerprint density at radius 3 is 1.35 bits per heavy atom. The number of nitrogens with one attached hydrogen (secondary N) is 1. The first-order valence-electron chi connectivity index (χ1n) is 14.4. The molecule has 0 aliphatic carbocycles. The number of alkyl halides is 1. The lowest BCUT2D eigenvalue weighted by atomic mass is 9.95. The Bertz CT molecular complexity index is 1230. The van der Waals surface area contributed by atoms with Gasteiger partial charge in [0, 0.05) is 48.5 Å². The second-order valence-corrected chi connectivity index (χ2v) is 10.7. The lowest BCUT2D eigenvalue weighted by Crippen LogP contribution is -2.69.